The van der Waals surface area contributed by atoms with E-state index in [1.165, 1.54) is 18.2 Å². The third-order valence-corrected chi connectivity index (χ3v) is 10.3. The summed E-state index contributed by atoms with van der Waals surface area (Å²) in [7, 11) is 3.92. The first-order valence-electron chi connectivity index (χ1n) is 23.2. The van der Waals surface area contributed by atoms with E-state index in [2.05, 4.69) is 23.4 Å². The molecule has 5 aromatic carbocycles. The van der Waals surface area contributed by atoms with Crippen LogP contribution in [0.1, 0.15) is 82.4 Å². The zero-order chi connectivity index (χ0) is 50.6. The molecule has 0 heterocycles. The fourth-order valence-corrected chi connectivity index (χ4v) is 6.43. The highest BCUT2D eigenvalue weighted by molar-refractivity contribution is 6.06. The van der Waals surface area contributed by atoms with Crippen molar-refractivity contribution < 1.29 is 61.9 Å². The topological polar surface area (TPSA) is 187 Å². The van der Waals surface area contributed by atoms with Gasteiger partial charge in [-0.3, -0.25) is 0 Å². The third kappa shape index (κ3) is 19.3. The van der Waals surface area contributed by atoms with Gasteiger partial charge in [-0.2, -0.15) is 10.2 Å². The number of carbonyl (C=O) groups excluding carboxylic acids is 5. The normalized spacial score (nSPS) is 10.7. The molecule has 0 saturated carbocycles. The molecule has 0 aromatic heterocycles. The zero-order valence-corrected chi connectivity index (χ0v) is 40.1. The maximum absolute atomic E-state index is 13.6. The van der Waals surface area contributed by atoms with Gasteiger partial charge < -0.3 is 42.8 Å². The number of hydrogen-bond acceptors (Lipinski definition) is 16. The highest BCUT2D eigenvalue weighted by Crippen LogP contribution is 2.26. The summed E-state index contributed by atoms with van der Waals surface area (Å²) in [4.78, 5) is 65.0. The van der Waals surface area contributed by atoms with Gasteiger partial charge in [0.25, 0.3) is 0 Å². The molecule has 16 nitrogen and oxygen atoms in total. The molecule has 0 atom stereocenters. The fourth-order valence-electron chi connectivity index (χ4n) is 6.43. The standard InChI is InChI=1S/C55H59N3O13/c1-5-51(59)67-35-13-9-7-11-33-64-45-24-28-47(29-25-45)70-53(61)40-15-32-49(55(63)71-48-30-26-46(27-31-48)65-34-12-8-10-14-36-68-52(60)6-2)50(39-40)54(62)69-38-37-66-44-22-18-42(19-23-44)57-56-41-16-20-43(21-17-41)58(3)4/h5-6,15-32,39H,1-2,7-14,33-38H2,3-4H3. The smallest absolute Gasteiger partial charge is 0.344 e. The van der Waals surface area contributed by atoms with Gasteiger partial charge in [-0.25, -0.2) is 24.0 Å². The minimum atomic E-state index is -0.899. The minimum Gasteiger partial charge on any atom is -0.494 e. The first kappa shape index (κ1) is 53.7. The van der Waals surface area contributed by atoms with Crippen molar-refractivity contribution in [2.24, 2.45) is 10.2 Å². The van der Waals surface area contributed by atoms with Gasteiger partial charge in [-0.15, -0.1) is 0 Å². The number of azo groups is 1. The Morgan fingerprint density at radius 2 is 0.859 bits per heavy atom. The molecular formula is C55H59N3O13. The van der Waals surface area contributed by atoms with Crippen LogP contribution in [0, 0.1) is 0 Å². The van der Waals surface area contributed by atoms with Crippen molar-refractivity contribution in [1.29, 1.82) is 0 Å². The summed E-state index contributed by atoms with van der Waals surface area (Å²) in [6, 6.07) is 31.4. The van der Waals surface area contributed by atoms with Crippen LogP contribution in [0.4, 0.5) is 17.1 Å². The maximum Gasteiger partial charge on any atom is 0.344 e. The molecule has 0 N–H and O–H groups in total. The number of rotatable bonds is 30. The van der Waals surface area contributed by atoms with Gasteiger partial charge in [-0.05, 0) is 167 Å². The number of unbranched alkanes of at least 4 members (excludes halogenated alkanes) is 6. The second-order valence-electron chi connectivity index (χ2n) is 15.8. The molecule has 5 aromatic rings. The van der Waals surface area contributed by atoms with Crippen LogP contribution in [0.2, 0.25) is 0 Å². The fraction of sp³-hybridized carbons (Fsp3) is 0.291. The van der Waals surface area contributed by atoms with Crippen LogP contribution in [0.5, 0.6) is 28.7 Å². The molecule has 0 fully saturated rings. The highest BCUT2D eigenvalue weighted by atomic mass is 16.6. The highest BCUT2D eigenvalue weighted by Gasteiger charge is 2.23. The van der Waals surface area contributed by atoms with Crippen LogP contribution in [0.25, 0.3) is 0 Å². The van der Waals surface area contributed by atoms with Crippen LogP contribution >= 0.6 is 0 Å². The lowest BCUT2D eigenvalue weighted by atomic mass is 10.0. The van der Waals surface area contributed by atoms with Crippen molar-refractivity contribution >= 4 is 46.9 Å². The largest absolute Gasteiger partial charge is 0.494 e. The Balaban J connectivity index is 1.16. The van der Waals surface area contributed by atoms with E-state index < -0.39 is 29.8 Å². The number of ether oxygens (including phenoxy) is 8. The van der Waals surface area contributed by atoms with Crippen molar-refractivity contribution in [2.75, 3.05) is 58.6 Å². The molecule has 0 spiro atoms. The van der Waals surface area contributed by atoms with Crippen molar-refractivity contribution in [2.45, 2.75) is 51.4 Å². The van der Waals surface area contributed by atoms with E-state index in [-0.39, 0.29) is 41.4 Å². The molecule has 372 valence electrons. The summed E-state index contributed by atoms with van der Waals surface area (Å²) in [5.41, 5.74) is 1.97. The van der Waals surface area contributed by atoms with E-state index in [0.29, 0.717) is 55.1 Å². The van der Waals surface area contributed by atoms with Gasteiger partial charge in [-0.1, -0.05) is 13.2 Å². The molecule has 0 bridgehead atoms. The monoisotopic (exact) mass is 969 g/mol. The Kier molecular flexibility index (Phi) is 22.4. The van der Waals surface area contributed by atoms with Crippen LogP contribution in [0.15, 0.2) is 151 Å². The number of nitrogens with zero attached hydrogens (tertiary/aromatic N) is 3. The number of hydrogen-bond donors (Lipinski definition) is 0. The van der Waals surface area contributed by atoms with Crippen molar-refractivity contribution in [3.63, 3.8) is 0 Å². The number of esters is 5. The lowest BCUT2D eigenvalue weighted by Gasteiger charge is -2.13. The quantitative estimate of drug-likeness (QED) is 0.0106. The van der Waals surface area contributed by atoms with Crippen molar-refractivity contribution in [3.8, 4) is 28.7 Å². The summed E-state index contributed by atoms with van der Waals surface area (Å²) in [5, 5.41) is 8.56. The van der Waals surface area contributed by atoms with E-state index in [9.17, 15) is 24.0 Å². The molecular weight excluding hydrogens is 911 g/mol. The lowest BCUT2D eigenvalue weighted by molar-refractivity contribution is -0.138. The molecule has 0 radical (unpaired) electrons. The van der Waals surface area contributed by atoms with E-state index in [4.69, 9.17) is 37.9 Å². The molecule has 0 amide bonds. The Labute approximate surface area is 413 Å². The lowest BCUT2D eigenvalue weighted by Crippen LogP contribution is -2.19. The van der Waals surface area contributed by atoms with Gasteiger partial charge >= 0.3 is 29.8 Å². The van der Waals surface area contributed by atoms with Crippen molar-refractivity contribution in [1.82, 2.24) is 0 Å². The van der Waals surface area contributed by atoms with Gasteiger partial charge in [0.15, 0.2) is 0 Å². The second-order valence-corrected chi connectivity index (χ2v) is 15.8. The molecule has 16 heteroatoms. The van der Waals surface area contributed by atoms with Crippen LogP contribution in [-0.4, -0.2) is 83.6 Å². The number of benzene rings is 5. The summed E-state index contributed by atoms with van der Waals surface area (Å²) in [5.74, 6) is -1.36. The molecule has 71 heavy (non-hydrogen) atoms. The van der Waals surface area contributed by atoms with Crippen LogP contribution in [0.3, 0.4) is 0 Å². The molecule has 0 aliphatic carbocycles. The SMILES string of the molecule is C=CC(=O)OCCCCCCOc1ccc(OC(=O)c2ccc(C(=O)Oc3ccc(OCCCCCCOC(=O)C=C)cc3)c(C(=O)OCCOc3ccc(N=Nc4ccc(N(C)C)cc4)cc3)c2)cc1. The average molecular weight is 970 g/mol. The maximum atomic E-state index is 13.6. The Bertz CT molecular complexity index is 2540. The third-order valence-electron chi connectivity index (χ3n) is 10.3. The first-order chi connectivity index (χ1) is 34.5. The molecule has 0 aliphatic heterocycles. The minimum absolute atomic E-state index is 0.0233. The second kappa shape index (κ2) is 29.6. The van der Waals surface area contributed by atoms with E-state index in [0.717, 1.165) is 69.2 Å². The molecule has 0 saturated heterocycles. The molecule has 0 unspecified atom stereocenters. The number of carbonyl (C=O) groups is 5. The Morgan fingerprint density at radius 1 is 0.437 bits per heavy atom. The summed E-state index contributed by atoms with van der Waals surface area (Å²) >= 11 is 0. The summed E-state index contributed by atoms with van der Waals surface area (Å²) in [6.45, 7) is 8.16. The van der Waals surface area contributed by atoms with Crippen LogP contribution < -0.4 is 28.6 Å². The van der Waals surface area contributed by atoms with E-state index in [1.54, 1.807) is 72.8 Å². The summed E-state index contributed by atoms with van der Waals surface area (Å²) < 4.78 is 44.2. The van der Waals surface area contributed by atoms with E-state index in [1.807, 2.05) is 43.3 Å². The summed E-state index contributed by atoms with van der Waals surface area (Å²) in [6.07, 6.45) is 8.89. The predicted molar refractivity (Wildman–Crippen MR) is 267 cm³/mol. The molecule has 5 rings (SSSR count). The molecule has 0 aliphatic rings. The van der Waals surface area contributed by atoms with Crippen LogP contribution in [-0.2, 0) is 23.8 Å². The average Bonchev–Trinajstić information content (AvgIpc) is 3.39. The zero-order valence-electron chi connectivity index (χ0n) is 40.1. The first-order valence-corrected chi connectivity index (χ1v) is 23.2. The van der Waals surface area contributed by atoms with Gasteiger partial charge in [0.05, 0.1) is 54.5 Å². The predicted octanol–water partition coefficient (Wildman–Crippen LogP) is 11.2. The van der Waals surface area contributed by atoms with Crippen molar-refractivity contribution in [3.05, 3.63) is 157 Å². The van der Waals surface area contributed by atoms with Gasteiger partial charge in [0.1, 0.15) is 42.0 Å². The van der Waals surface area contributed by atoms with E-state index >= 15 is 0 Å². The Morgan fingerprint density at radius 3 is 1.34 bits per heavy atom. The Hall–Kier alpha value is -8.27. The number of anilines is 1. The van der Waals surface area contributed by atoms with Gasteiger partial charge in [0.2, 0.25) is 0 Å². The van der Waals surface area contributed by atoms with Gasteiger partial charge in [0, 0.05) is 31.9 Å².